The second-order valence-corrected chi connectivity index (χ2v) is 3.94. The number of esters is 1. The minimum absolute atomic E-state index is 0.0828. The van der Waals surface area contributed by atoms with Gasteiger partial charge in [0.05, 0.1) is 13.2 Å². The van der Waals surface area contributed by atoms with E-state index in [4.69, 9.17) is 4.74 Å². The molecule has 2 atom stereocenters. The molecule has 1 saturated carbocycles. The molecule has 4 heteroatoms. The number of nitrogens with one attached hydrogen (secondary N) is 1. The fourth-order valence-electron chi connectivity index (χ4n) is 2.12. The van der Waals surface area contributed by atoms with Crippen LogP contribution in [0.4, 0.5) is 0 Å². The summed E-state index contributed by atoms with van der Waals surface area (Å²) in [6.07, 6.45) is 2.98. The molecule has 0 spiro atoms. The Labute approximate surface area is 90.4 Å². The number of ether oxygens (including phenoxy) is 1. The highest BCUT2D eigenvalue weighted by Crippen LogP contribution is 2.26. The number of hydrogen-bond acceptors (Lipinski definition) is 4. The highest BCUT2D eigenvalue weighted by Gasteiger charge is 2.30. The molecule has 0 aromatic heterocycles. The molecule has 0 bridgehead atoms. The van der Waals surface area contributed by atoms with Gasteiger partial charge in [-0.1, -0.05) is 6.42 Å². The zero-order valence-corrected chi connectivity index (χ0v) is 9.41. The van der Waals surface area contributed by atoms with E-state index in [1.165, 1.54) is 0 Å². The third-order valence-corrected chi connectivity index (χ3v) is 2.85. The van der Waals surface area contributed by atoms with Crippen LogP contribution >= 0.6 is 0 Å². The van der Waals surface area contributed by atoms with E-state index in [2.05, 4.69) is 5.32 Å². The van der Waals surface area contributed by atoms with Crippen molar-refractivity contribution in [3.63, 3.8) is 0 Å². The predicted octanol–water partition coefficient (Wildman–Crippen LogP) is 0.897. The van der Waals surface area contributed by atoms with Crippen molar-refractivity contribution in [2.45, 2.75) is 39.2 Å². The quantitative estimate of drug-likeness (QED) is 0.689. The maximum atomic E-state index is 11.3. The number of Topliss-reactive ketones (excluding diaryl/α,β-unsaturated/α-hetero) is 1. The molecule has 1 aliphatic carbocycles. The van der Waals surface area contributed by atoms with Gasteiger partial charge in [-0.05, 0) is 26.7 Å². The highest BCUT2D eigenvalue weighted by atomic mass is 16.5. The molecule has 15 heavy (non-hydrogen) atoms. The molecule has 0 radical (unpaired) electrons. The lowest BCUT2D eigenvalue weighted by molar-refractivity contribution is -0.142. The second-order valence-electron chi connectivity index (χ2n) is 3.94. The minimum Gasteiger partial charge on any atom is -0.465 e. The van der Waals surface area contributed by atoms with E-state index in [0.29, 0.717) is 6.61 Å². The van der Waals surface area contributed by atoms with Crippen LogP contribution in [0.2, 0.25) is 0 Å². The van der Waals surface area contributed by atoms with Crippen molar-refractivity contribution in [2.75, 3.05) is 13.2 Å². The van der Waals surface area contributed by atoms with E-state index >= 15 is 0 Å². The van der Waals surface area contributed by atoms with Gasteiger partial charge in [-0.25, -0.2) is 0 Å². The summed E-state index contributed by atoms with van der Waals surface area (Å²) in [5.74, 6) is 0.0555. The van der Waals surface area contributed by atoms with Crippen LogP contribution in [0.3, 0.4) is 0 Å². The monoisotopic (exact) mass is 213 g/mol. The van der Waals surface area contributed by atoms with Crippen LogP contribution in [0.5, 0.6) is 0 Å². The Morgan fingerprint density at radius 2 is 2.13 bits per heavy atom. The third kappa shape index (κ3) is 3.63. The van der Waals surface area contributed by atoms with Crippen LogP contribution < -0.4 is 5.32 Å². The molecule has 1 aliphatic rings. The van der Waals surface area contributed by atoms with Crippen molar-refractivity contribution in [1.29, 1.82) is 0 Å². The number of carbonyl (C=O) groups excluding carboxylic acids is 2. The van der Waals surface area contributed by atoms with Crippen molar-refractivity contribution in [3.8, 4) is 0 Å². The molecule has 1 rings (SSSR count). The zero-order chi connectivity index (χ0) is 11.3. The van der Waals surface area contributed by atoms with Crippen molar-refractivity contribution in [3.05, 3.63) is 0 Å². The van der Waals surface area contributed by atoms with Crippen LogP contribution in [0.15, 0.2) is 0 Å². The highest BCUT2D eigenvalue weighted by molar-refractivity contribution is 5.79. The van der Waals surface area contributed by atoms with Gasteiger partial charge in [-0.2, -0.15) is 0 Å². The fourth-order valence-corrected chi connectivity index (χ4v) is 2.12. The van der Waals surface area contributed by atoms with Gasteiger partial charge in [0.1, 0.15) is 5.78 Å². The van der Waals surface area contributed by atoms with Gasteiger partial charge in [0.25, 0.3) is 0 Å². The Hall–Kier alpha value is -0.900. The first kappa shape index (κ1) is 12.2. The van der Waals surface area contributed by atoms with Crippen LogP contribution in [0.25, 0.3) is 0 Å². The minimum atomic E-state index is -0.244. The average molecular weight is 213 g/mol. The summed E-state index contributed by atoms with van der Waals surface area (Å²) in [4.78, 5) is 22.4. The summed E-state index contributed by atoms with van der Waals surface area (Å²) >= 11 is 0. The van der Waals surface area contributed by atoms with Crippen molar-refractivity contribution >= 4 is 11.8 Å². The molecule has 0 aromatic rings. The summed E-state index contributed by atoms with van der Waals surface area (Å²) in [5.41, 5.74) is 0. The van der Waals surface area contributed by atoms with E-state index in [-0.39, 0.29) is 30.3 Å². The molecule has 1 fully saturated rings. The van der Waals surface area contributed by atoms with Gasteiger partial charge >= 0.3 is 5.97 Å². The lowest BCUT2D eigenvalue weighted by Gasteiger charge is -2.17. The lowest BCUT2D eigenvalue weighted by Crippen LogP contribution is -2.39. The molecule has 0 amide bonds. The molecule has 2 unspecified atom stereocenters. The summed E-state index contributed by atoms with van der Waals surface area (Å²) in [7, 11) is 0. The largest absolute Gasteiger partial charge is 0.465 e. The third-order valence-electron chi connectivity index (χ3n) is 2.85. The van der Waals surface area contributed by atoms with E-state index in [0.717, 1.165) is 19.3 Å². The normalized spacial score (nSPS) is 25.2. The van der Waals surface area contributed by atoms with Crippen LogP contribution in [-0.4, -0.2) is 30.9 Å². The molecule has 0 aromatic carbocycles. The van der Waals surface area contributed by atoms with E-state index < -0.39 is 0 Å². The molecule has 4 nitrogen and oxygen atoms in total. The van der Waals surface area contributed by atoms with E-state index in [1.807, 2.05) is 0 Å². The van der Waals surface area contributed by atoms with Gasteiger partial charge in [-0.15, -0.1) is 0 Å². The van der Waals surface area contributed by atoms with Gasteiger partial charge in [0.15, 0.2) is 0 Å². The zero-order valence-electron chi connectivity index (χ0n) is 9.41. The Morgan fingerprint density at radius 1 is 1.40 bits per heavy atom. The number of hydrogen-bond donors (Lipinski definition) is 1. The molecule has 0 saturated heterocycles. The SMILES string of the molecule is CCOC(=O)CNC1CCCC1C(C)=O. The summed E-state index contributed by atoms with van der Waals surface area (Å²) in [5, 5.41) is 3.10. The molecule has 86 valence electrons. The van der Waals surface area contributed by atoms with Crippen LogP contribution in [0, 0.1) is 5.92 Å². The van der Waals surface area contributed by atoms with Crippen molar-refractivity contribution < 1.29 is 14.3 Å². The van der Waals surface area contributed by atoms with Gasteiger partial charge < -0.3 is 10.1 Å². The van der Waals surface area contributed by atoms with Gasteiger partial charge in [0.2, 0.25) is 0 Å². The maximum absolute atomic E-state index is 11.3. The molecular weight excluding hydrogens is 194 g/mol. The van der Waals surface area contributed by atoms with Gasteiger partial charge in [-0.3, -0.25) is 9.59 Å². The first-order valence-corrected chi connectivity index (χ1v) is 5.54. The van der Waals surface area contributed by atoms with Crippen LogP contribution in [0.1, 0.15) is 33.1 Å². The standard InChI is InChI=1S/C11H19NO3/c1-3-15-11(14)7-12-10-6-4-5-9(10)8(2)13/h9-10,12H,3-7H2,1-2H3. The predicted molar refractivity (Wildman–Crippen MR) is 56.4 cm³/mol. The average Bonchev–Trinajstić information content (AvgIpc) is 2.63. The molecule has 0 heterocycles. The number of carbonyl (C=O) groups is 2. The molecule has 1 N–H and O–H groups in total. The maximum Gasteiger partial charge on any atom is 0.319 e. The smallest absolute Gasteiger partial charge is 0.319 e. The Morgan fingerprint density at radius 3 is 2.73 bits per heavy atom. The lowest BCUT2D eigenvalue weighted by atomic mass is 9.99. The van der Waals surface area contributed by atoms with Crippen molar-refractivity contribution in [2.24, 2.45) is 5.92 Å². The Bertz CT molecular complexity index is 240. The Balaban J connectivity index is 2.31. The first-order valence-electron chi connectivity index (χ1n) is 5.54. The van der Waals surface area contributed by atoms with Crippen molar-refractivity contribution in [1.82, 2.24) is 5.32 Å². The van der Waals surface area contributed by atoms with E-state index in [9.17, 15) is 9.59 Å². The van der Waals surface area contributed by atoms with Crippen LogP contribution in [-0.2, 0) is 14.3 Å². The summed E-state index contributed by atoms with van der Waals surface area (Å²) < 4.78 is 4.81. The Kier molecular flexibility index (Phi) is 4.75. The number of rotatable bonds is 5. The first-order chi connectivity index (χ1) is 7.15. The molecule has 0 aliphatic heterocycles. The summed E-state index contributed by atoms with van der Waals surface area (Å²) in [6.45, 7) is 4.02. The second kappa shape index (κ2) is 5.85. The van der Waals surface area contributed by atoms with E-state index in [1.54, 1.807) is 13.8 Å². The summed E-state index contributed by atoms with van der Waals surface area (Å²) in [6, 6.07) is 0.159. The molecular formula is C11H19NO3. The fraction of sp³-hybridized carbons (Fsp3) is 0.818. The topological polar surface area (TPSA) is 55.4 Å². The van der Waals surface area contributed by atoms with Gasteiger partial charge in [0, 0.05) is 12.0 Å². The number of ketones is 1.